The first-order valence-corrected chi connectivity index (χ1v) is 11.6. The van der Waals surface area contributed by atoms with Gasteiger partial charge in [0.1, 0.15) is 0 Å². The topological polar surface area (TPSA) is 54.9 Å². The van der Waals surface area contributed by atoms with Crippen molar-refractivity contribution in [3.8, 4) is 22.5 Å². The van der Waals surface area contributed by atoms with Crippen molar-refractivity contribution in [2.24, 2.45) is 0 Å². The summed E-state index contributed by atoms with van der Waals surface area (Å²) in [5.74, 6) is 0.129. The van der Waals surface area contributed by atoms with Gasteiger partial charge in [-0.25, -0.2) is 9.97 Å². The Morgan fingerprint density at radius 3 is 1.88 bits per heavy atom. The monoisotopic (exact) mass is 447 g/mol. The number of hydrogen-bond acceptors (Lipinski definition) is 4. The molecule has 4 aromatic carbocycles. The van der Waals surface area contributed by atoms with E-state index >= 15 is 0 Å². The van der Waals surface area contributed by atoms with Crippen LogP contribution >= 0.6 is 11.8 Å². The Kier molecular flexibility index (Phi) is 6.13. The molecule has 5 heteroatoms. The quantitative estimate of drug-likeness (QED) is 0.233. The molecule has 5 aromatic rings. The average Bonchev–Trinajstić information content (AvgIpc) is 2.88. The van der Waals surface area contributed by atoms with Gasteiger partial charge in [-0.3, -0.25) is 4.79 Å². The molecule has 0 aliphatic heterocycles. The zero-order valence-corrected chi connectivity index (χ0v) is 18.6. The van der Waals surface area contributed by atoms with Crippen molar-refractivity contribution in [1.29, 1.82) is 0 Å². The Labute approximate surface area is 196 Å². The van der Waals surface area contributed by atoms with Crippen LogP contribution < -0.4 is 5.32 Å². The second-order valence-corrected chi connectivity index (χ2v) is 8.49. The first-order valence-electron chi connectivity index (χ1n) is 10.7. The van der Waals surface area contributed by atoms with Crippen LogP contribution in [-0.2, 0) is 4.79 Å². The molecular weight excluding hydrogens is 426 g/mol. The van der Waals surface area contributed by atoms with E-state index in [9.17, 15) is 4.79 Å². The maximum atomic E-state index is 12.6. The molecule has 0 fully saturated rings. The third-order valence-corrected chi connectivity index (χ3v) is 6.06. The number of carbonyl (C=O) groups is 1. The number of nitrogens with zero attached hydrogens (tertiary/aromatic N) is 2. The van der Waals surface area contributed by atoms with Crippen molar-refractivity contribution in [3.63, 3.8) is 0 Å². The van der Waals surface area contributed by atoms with Crippen molar-refractivity contribution in [3.05, 3.63) is 109 Å². The number of amides is 1. The van der Waals surface area contributed by atoms with Gasteiger partial charge in [0.15, 0.2) is 5.16 Å². The molecule has 4 nitrogen and oxygen atoms in total. The fraction of sp³-hybridized carbons (Fsp3) is 0.0357. The molecule has 33 heavy (non-hydrogen) atoms. The predicted octanol–water partition coefficient (Wildman–Crippen LogP) is 6.69. The Hall–Kier alpha value is -3.96. The van der Waals surface area contributed by atoms with E-state index < -0.39 is 0 Å². The third-order valence-electron chi connectivity index (χ3n) is 5.21. The van der Waals surface area contributed by atoms with E-state index in [4.69, 9.17) is 9.97 Å². The van der Waals surface area contributed by atoms with Crippen molar-refractivity contribution in [2.45, 2.75) is 5.16 Å². The Balaban J connectivity index is 1.36. The summed E-state index contributed by atoms with van der Waals surface area (Å²) in [6, 6.07) is 36.0. The lowest BCUT2D eigenvalue weighted by molar-refractivity contribution is -0.113. The molecule has 1 amide bonds. The van der Waals surface area contributed by atoms with E-state index in [1.807, 2.05) is 103 Å². The van der Waals surface area contributed by atoms with E-state index in [2.05, 4.69) is 11.4 Å². The number of benzene rings is 4. The fourth-order valence-corrected chi connectivity index (χ4v) is 4.26. The van der Waals surface area contributed by atoms with Crippen LogP contribution in [0.1, 0.15) is 0 Å². The number of aromatic nitrogens is 2. The average molecular weight is 448 g/mol. The first kappa shape index (κ1) is 20.9. The molecule has 0 saturated heterocycles. The Morgan fingerprint density at radius 1 is 0.667 bits per heavy atom. The minimum atomic E-state index is -0.0924. The number of nitrogens with one attached hydrogen (secondary N) is 1. The number of fused-ring (bicyclic) bond motifs is 1. The Morgan fingerprint density at radius 2 is 1.24 bits per heavy atom. The van der Waals surface area contributed by atoms with Gasteiger partial charge < -0.3 is 5.32 Å². The maximum Gasteiger partial charge on any atom is 0.234 e. The number of anilines is 1. The van der Waals surface area contributed by atoms with Crippen LogP contribution in [0.15, 0.2) is 114 Å². The largest absolute Gasteiger partial charge is 0.325 e. The van der Waals surface area contributed by atoms with Crippen LogP contribution in [0.5, 0.6) is 0 Å². The molecule has 0 unspecified atom stereocenters. The molecule has 1 N–H and O–H groups in total. The summed E-state index contributed by atoms with van der Waals surface area (Å²) in [4.78, 5) is 22.1. The first-order chi connectivity index (χ1) is 16.2. The maximum absolute atomic E-state index is 12.6. The zero-order valence-electron chi connectivity index (χ0n) is 17.8. The van der Waals surface area contributed by atoms with Crippen molar-refractivity contribution >= 4 is 34.1 Å². The van der Waals surface area contributed by atoms with E-state index in [0.717, 1.165) is 39.0 Å². The van der Waals surface area contributed by atoms with Gasteiger partial charge in [0.2, 0.25) is 5.91 Å². The number of rotatable bonds is 6. The van der Waals surface area contributed by atoms with Gasteiger partial charge in [0.05, 0.1) is 17.1 Å². The molecule has 1 aromatic heterocycles. The van der Waals surface area contributed by atoms with Crippen LogP contribution in [0.4, 0.5) is 5.69 Å². The van der Waals surface area contributed by atoms with Crippen molar-refractivity contribution in [1.82, 2.24) is 9.97 Å². The lowest BCUT2D eigenvalue weighted by Gasteiger charge is -2.09. The summed E-state index contributed by atoms with van der Waals surface area (Å²) in [5, 5.41) is 5.79. The van der Waals surface area contributed by atoms with Crippen molar-refractivity contribution < 1.29 is 4.79 Å². The van der Waals surface area contributed by atoms with Crippen LogP contribution in [0.2, 0.25) is 0 Å². The number of thioether (sulfide) groups is 1. The van der Waals surface area contributed by atoms with Gasteiger partial charge in [-0.1, -0.05) is 103 Å². The second kappa shape index (κ2) is 9.67. The van der Waals surface area contributed by atoms with Gasteiger partial charge in [-0.05, 0) is 29.0 Å². The normalized spacial score (nSPS) is 10.8. The molecule has 0 aliphatic rings. The standard InChI is InChI=1S/C28H21N3OS/c32-27(29-24-16-15-20-9-7-8-14-23(20)17-24)19-33-28-30-25(21-10-3-1-4-11-21)18-26(31-28)22-12-5-2-6-13-22/h1-18H,19H2,(H,29,32). The summed E-state index contributed by atoms with van der Waals surface area (Å²) in [6.07, 6.45) is 0. The van der Waals surface area contributed by atoms with E-state index in [1.54, 1.807) is 0 Å². The van der Waals surface area contributed by atoms with Gasteiger partial charge in [-0.2, -0.15) is 0 Å². The molecular formula is C28H21N3OS. The van der Waals surface area contributed by atoms with Crippen LogP contribution in [0.25, 0.3) is 33.3 Å². The lowest BCUT2D eigenvalue weighted by atomic mass is 10.1. The molecule has 0 spiro atoms. The van der Waals surface area contributed by atoms with E-state index in [-0.39, 0.29) is 11.7 Å². The van der Waals surface area contributed by atoms with Gasteiger partial charge >= 0.3 is 0 Å². The summed E-state index contributed by atoms with van der Waals surface area (Å²) in [7, 11) is 0. The highest BCUT2D eigenvalue weighted by atomic mass is 32.2. The van der Waals surface area contributed by atoms with Crippen LogP contribution in [0.3, 0.4) is 0 Å². The van der Waals surface area contributed by atoms with E-state index in [0.29, 0.717) is 5.16 Å². The summed E-state index contributed by atoms with van der Waals surface area (Å²) >= 11 is 1.33. The van der Waals surface area contributed by atoms with Gasteiger partial charge in [0.25, 0.3) is 0 Å². The summed E-state index contributed by atoms with van der Waals surface area (Å²) in [5.41, 5.74) is 4.48. The minimum Gasteiger partial charge on any atom is -0.325 e. The van der Waals surface area contributed by atoms with Gasteiger partial charge in [0, 0.05) is 16.8 Å². The molecule has 0 saturated carbocycles. The van der Waals surface area contributed by atoms with E-state index in [1.165, 1.54) is 11.8 Å². The lowest BCUT2D eigenvalue weighted by Crippen LogP contribution is -2.14. The molecule has 0 bridgehead atoms. The minimum absolute atomic E-state index is 0.0924. The highest BCUT2D eigenvalue weighted by Gasteiger charge is 2.11. The molecule has 0 radical (unpaired) electrons. The van der Waals surface area contributed by atoms with Crippen LogP contribution in [0, 0.1) is 0 Å². The highest BCUT2D eigenvalue weighted by Crippen LogP contribution is 2.27. The van der Waals surface area contributed by atoms with Crippen LogP contribution in [-0.4, -0.2) is 21.6 Å². The van der Waals surface area contributed by atoms with Crippen molar-refractivity contribution in [2.75, 3.05) is 11.1 Å². The molecule has 1 heterocycles. The molecule has 0 atom stereocenters. The predicted molar refractivity (Wildman–Crippen MR) is 136 cm³/mol. The fourth-order valence-electron chi connectivity index (χ4n) is 3.60. The molecule has 160 valence electrons. The second-order valence-electron chi connectivity index (χ2n) is 7.55. The summed E-state index contributed by atoms with van der Waals surface area (Å²) < 4.78 is 0. The van der Waals surface area contributed by atoms with Gasteiger partial charge in [-0.15, -0.1) is 0 Å². The molecule has 5 rings (SSSR count). The third kappa shape index (κ3) is 5.10. The summed E-state index contributed by atoms with van der Waals surface area (Å²) in [6.45, 7) is 0. The zero-order chi connectivity index (χ0) is 22.5. The highest BCUT2D eigenvalue weighted by molar-refractivity contribution is 7.99. The smallest absolute Gasteiger partial charge is 0.234 e. The Bertz CT molecular complexity index is 1350. The number of hydrogen-bond donors (Lipinski definition) is 1. The SMILES string of the molecule is O=C(CSc1nc(-c2ccccc2)cc(-c2ccccc2)n1)Nc1ccc2ccccc2c1. The number of carbonyl (C=O) groups excluding carboxylic acids is 1. The molecule has 0 aliphatic carbocycles.